The lowest BCUT2D eigenvalue weighted by Crippen LogP contribution is -2.36. The van der Waals surface area contributed by atoms with Crippen molar-refractivity contribution in [2.75, 3.05) is 32.1 Å². The predicted octanol–water partition coefficient (Wildman–Crippen LogP) is 0.747. The third-order valence-electron chi connectivity index (χ3n) is 3.47. The first-order valence-corrected chi connectivity index (χ1v) is 7.98. The van der Waals surface area contributed by atoms with Gasteiger partial charge in [-0.1, -0.05) is 0 Å². The molecule has 1 atom stereocenters. The van der Waals surface area contributed by atoms with Crippen LogP contribution in [0.15, 0.2) is 23.2 Å². The molecule has 0 amide bonds. The Labute approximate surface area is 119 Å². The number of pyridine rings is 1. The van der Waals surface area contributed by atoms with E-state index in [-0.39, 0.29) is 10.8 Å². The summed E-state index contributed by atoms with van der Waals surface area (Å²) >= 11 is 0. The van der Waals surface area contributed by atoms with Gasteiger partial charge >= 0.3 is 0 Å². The smallest absolute Gasteiger partial charge is 0.244 e. The molecule has 7 heteroatoms. The number of carbonyl (C=O) groups excluding carboxylic acids is 1. The van der Waals surface area contributed by atoms with Crippen LogP contribution < -0.4 is 4.90 Å². The van der Waals surface area contributed by atoms with Crippen molar-refractivity contribution < 1.29 is 13.2 Å². The summed E-state index contributed by atoms with van der Waals surface area (Å²) in [6.45, 7) is 1.49. The minimum atomic E-state index is -3.44. The zero-order chi connectivity index (χ0) is 14.8. The highest BCUT2D eigenvalue weighted by atomic mass is 32.2. The monoisotopic (exact) mass is 297 g/mol. The summed E-state index contributed by atoms with van der Waals surface area (Å²) in [4.78, 5) is 17.3. The second-order valence-electron chi connectivity index (χ2n) is 5.12. The van der Waals surface area contributed by atoms with Gasteiger partial charge in [0.25, 0.3) is 0 Å². The molecule has 6 nitrogen and oxygen atoms in total. The van der Waals surface area contributed by atoms with Crippen molar-refractivity contribution in [1.29, 1.82) is 0 Å². The SMILES string of the molecule is CN(C)S(=O)(=O)c1ccc(N2CCCC(C=O)C2)nc1. The zero-order valence-electron chi connectivity index (χ0n) is 11.7. The van der Waals surface area contributed by atoms with E-state index in [9.17, 15) is 13.2 Å². The molecule has 0 radical (unpaired) electrons. The summed E-state index contributed by atoms with van der Waals surface area (Å²) in [6, 6.07) is 3.26. The van der Waals surface area contributed by atoms with Crippen LogP contribution in [0.2, 0.25) is 0 Å². The van der Waals surface area contributed by atoms with Crippen LogP contribution in [-0.4, -0.2) is 51.2 Å². The van der Waals surface area contributed by atoms with Gasteiger partial charge < -0.3 is 9.69 Å². The predicted molar refractivity (Wildman–Crippen MR) is 76.1 cm³/mol. The summed E-state index contributed by atoms with van der Waals surface area (Å²) in [7, 11) is -0.466. The molecule has 1 fully saturated rings. The van der Waals surface area contributed by atoms with E-state index in [1.165, 1.54) is 20.3 Å². The van der Waals surface area contributed by atoms with E-state index in [0.29, 0.717) is 12.4 Å². The average molecular weight is 297 g/mol. The van der Waals surface area contributed by atoms with Gasteiger partial charge in [-0.05, 0) is 25.0 Å². The van der Waals surface area contributed by atoms with E-state index < -0.39 is 10.0 Å². The third kappa shape index (κ3) is 2.99. The fourth-order valence-electron chi connectivity index (χ4n) is 2.25. The number of hydrogen-bond acceptors (Lipinski definition) is 5. The maximum atomic E-state index is 11.9. The van der Waals surface area contributed by atoms with Gasteiger partial charge in [-0.15, -0.1) is 0 Å². The molecule has 1 aromatic heterocycles. The van der Waals surface area contributed by atoms with Crippen LogP contribution in [0.3, 0.4) is 0 Å². The van der Waals surface area contributed by atoms with Crippen molar-refractivity contribution >= 4 is 22.1 Å². The van der Waals surface area contributed by atoms with E-state index in [0.717, 1.165) is 30.0 Å². The number of anilines is 1. The van der Waals surface area contributed by atoms with E-state index in [1.54, 1.807) is 12.1 Å². The number of piperidine rings is 1. The maximum absolute atomic E-state index is 11.9. The molecule has 0 bridgehead atoms. The van der Waals surface area contributed by atoms with Gasteiger partial charge in [0.1, 0.15) is 17.0 Å². The lowest BCUT2D eigenvalue weighted by molar-refractivity contribution is -0.111. The van der Waals surface area contributed by atoms with Gasteiger partial charge in [-0.25, -0.2) is 17.7 Å². The lowest BCUT2D eigenvalue weighted by atomic mass is 10.00. The second-order valence-corrected chi connectivity index (χ2v) is 7.28. The van der Waals surface area contributed by atoms with Crippen molar-refractivity contribution in [3.05, 3.63) is 18.3 Å². The minimum absolute atomic E-state index is 0.0377. The van der Waals surface area contributed by atoms with Gasteiger partial charge in [0.15, 0.2) is 0 Å². The fourth-order valence-corrected chi connectivity index (χ4v) is 3.10. The van der Waals surface area contributed by atoms with Gasteiger partial charge in [0.2, 0.25) is 10.0 Å². The van der Waals surface area contributed by atoms with Crippen LogP contribution >= 0.6 is 0 Å². The zero-order valence-corrected chi connectivity index (χ0v) is 12.5. The Bertz CT molecular complexity index is 569. The normalized spacial score (nSPS) is 20.1. The first kappa shape index (κ1) is 14.9. The molecule has 1 aliphatic heterocycles. The number of rotatable bonds is 4. The molecular weight excluding hydrogens is 278 g/mol. The highest BCUT2D eigenvalue weighted by Crippen LogP contribution is 2.22. The molecular formula is C13H19N3O3S. The molecule has 0 spiro atoms. The van der Waals surface area contributed by atoms with Crippen molar-refractivity contribution in [1.82, 2.24) is 9.29 Å². The third-order valence-corrected chi connectivity index (χ3v) is 5.27. The molecule has 1 unspecified atom stereocenters. The number of sulfonamides is 1. The number of aromatic nitrogens is 1. The molecule has 1 aromatic rings. The van der Waals surface area contributed by atoms with Crippen LogP contribution in [0.25, 0.3) is 0 Å². The van der Waals surface area contributed by atoms with Crippen molar-refractivity contribution in [3.63, 3.8) is 0 Å². The second kappa shape index (κ2) is 5.88. The molecule has 0 aromatic carbocycles. The van der Waals surface area contributed by atoms with E-state index in [1.807, 2.05) is 4.90 Å². The summed E-state index contributed by atoms with van der Waals surface area (Å²) in [6.07, 6.45) is 4.21. The first-order chi connectivity index (χ1) is 9.45. The molecule has 0 aliphatic carbocycles. The number of carbonyl (C=O) groups is 1. The van der Waals surface area contributed by atoms with Gasteiger partial charge in [-0.2, -0.15) is 0 Å². The topological polar surface area (TPSA) is 70.6 Å². The molecule has 1 aliphatic rings. The molecule has 0 N–H and O–H groups in total. The van der Waals surface area contributed by atoms with Crippen molar-refractivity contribution in [2.45, 2.75) is 17.7 Å². The molecule has 20 heavy (non-hydrogen) atoms. The quantitative estimate of drug-likeness (QED) is 0.767. The largest absolute Gasteiger partial charge is 0.356 e. The van der Waals surface area contributed by atoms with E-state index in [4.69, 9.17) is 0 Å². The highest BCUT2D eigenvalue weighted by molar-refractivity contribution is 7.89. The van der Waals surface area contributed by atoms with Crippen LogP contribution in [0.1, 0.15) is 12.8 Å². The minimum Gasteiger partial charge on any atom is -0.356 e. The Morgan fingerprint density at radius 3 is 2.70 bits per heavy atom. The first-order valence-electron chi connectivity index (χ1n) is 6.54. The molecule has 1 saturated heterocycles. The van der Waals surface area contributed by atoms with E-state index in [2.05, 4.69) is 4.98 Å². The Balaban J connectivity index is 2.18. The summed E-state index contributed by atoms with van der Waals surface area (Å²) in [5.41, 5.74) is 0. The Hall–Kier alpha value is -1.47. The Morgan fingerprint density at radius 1 is 1.40 bits per heavy atom. The maximum Gasteiger partial charge on any atom is 0.244 e. The van der Waals surface area contributed by atoms with Crippen LogP contribution in [0, 0.1) is 5.92 Å². The van der Waals surface area contributed by atoms with Crippen molar-refractivity contribution in [2.24, 2.45) is 5.92 Å². The number of hydrogen-bond donors (Lipinski definition) is 0. The Morgan fingerprint density at radius 2 is 2.15 bits per heavy atom. The standard InChI is InChI=1S/C13H19N3O3S/c1-15(2)20(18,19)12-5-6-13(14-8-12)16-7-3-4-11(9-16)10-17/h5-6,8,10-11H,3-4,7,9H2,1-2H3. The van der Waals surface area contributed by atoms with Crippen LogP contribution in [0.4, 0.5) is 5.82 Å². The fraction of sp³-hybridized carbons (Fsp3) is 0.538. The Kier molecular flexibility index (Phi) is 4.39. The molecule has 0 saturated carbocycles. The highest BCUT2D eigenvalue weighted by Gasteiger charge is 2.22. The molecule has 110 valence electrons. The van der Waals surface area contributed by atoms with Crippen molar-refractivity contribution in [3.8, 4) is 0 Å². The summed E-state index contributed by atoms with van der Waals surface area (Å²) in [5.74, 6) is 0.755. The lowest BCUT2D eigenvalue weighted by Gasteiger charge is -2.31. The van der Waals surface area contributed by atoms with Crippen LogP contribution in [0.5, 0.6) is 0 Å². The van der Waals surface area contributed by atoms with Crippen LogP contribution in [-0.2, 0) is 14.8 Å². The summed E-state index contributed by atoms with van der Waals surface area (Å²) in [5, 5.41) is 0. The van der Waals surface area contributed by atoms with Gasteiger partial charge in [0, 0.05) is 39.3 Å². The number of nitrogens with zero attached hydrogens (tertiary/aromatic N) is 3. The average Bonchev–Trinajstić information content (AvgIpc) is 2.47. The van der Waals surface area contributed by atoms with E-state index >= 15 is 0 Å². The van der Waals surface area contributed by atoms with Gasteiger partial charge in [0.05, 0.1) is 0 Å². The number of aldehydes is 1. The molecule has 2 heterocycles. The summed E-state index contributed by atoms with van der Waals surface area (Å²) < 4.78 is 25.0. The van der Waals surface area contributed by atoms with Gasteiger partial charge in [-0.3, -0.25) is 0 Å². The molecule has 2 rings (SSSR count).